The quantitative estimate of drug-likeness (QED) is 0.449. The van der Waals surface area contributed by atoms with Crippen molar-refractivity contribution >= 4 is 52.2 Å². The predicted molar refractivity (Wildman–Crippen MR) is 129 cm³/mol. The monoisotopic (exact) mass is 483 g/mol. The van der Waals surface area contributed by atoms with E-state index in [1.54, 1.807) is 29.9 Å². The second kappa shape index (κ2) is 8.69. The van der Waals surface area contributed by atoms with Gasteiger partial charge in [0.05, 0.1) is 22.6 Å². The number of nitrogens with zero attached hydrogens (tertiary/aromatic N) is 6. The number of carbonyl (C=O) groups excluding carboxylic acids is 1. The highest BCUT2D eigenvalue weighted by atomic mass is 35.5. The molecule has 170 valence electrons. The van der Waals surface area contributed by atoms with Crippen molar-refractivity contribution in [1.82, 2.24) is 28.6 Å². The number of carbonyl (C=O) groups is 1. The van der Waals surface area contributed by atoms with E-state index in [-0.39, 0.29) is 17.4 Å². The highest BCUT2D eigenvalue weighted by Crippen LogP contribution is 2.21. The van der Waals surface area contributed by atoms with Crippen LogP contribution in [-0.2, 0) is 18.5 Å². The molecule has 3 aromatic heterocycles. The molecule has 1 N–H and O–H groups in total. The van der Waals surface area contributed by atoms with Gasteiger partial charge in [-0.25, -0.2) is 9.67 Å². The topological polar surface area (TPSA) is 89.5 Å². The van der Waals surface area contributed by atoms with E-state index in [1.165, 1.54) is 10.8 Å². The Kier molecular flexibility index (Phi) is 5.73. The van der Waals surface area contributed by atoms with Gasteiger partial charge in [0.2, 0.25) is 16.5 Å². The zero-order valence-electron chi connectivity index (χ0n) is 17.9. The molecule has 1 amide bonds. The number of piperidine rings is 1. The van der Waals surface area contributed by atoms with Crippen molar-refractivity contribution in [3.63, 3.8) is 0 Å². The van der Waals surface area contributed by atoms with E-state index in [4.69, 9.17) is 23.8 Å². The van der Waals surface area contributed by atoms with Crippen molar-refractivity contribution in [2.75, 3.05) is 18.4 Å². The summed E-state index contributed by atoms with van der Waals surface area (Å²) in [6.45, 7) is 1.97. The SMILES string of the molecule is Cn1c(=O)c2ccccc2n2c(=S)n(CN3CCC(C(=O)Nc4ccc(Cl)cn4)CC3)nc12. The van der Waals surface area contributed by atoms with Gasteiger partial charge in [-0.2, -0.15) is 0 Å². The molecule has 0 bridgehead atoms. The van der Waals surface area contributed by atoms with Crippen molar-refractivity contribution < 1.29 is 4.79 Å². The summed E-state index contributed by atoms with van der Waals surface area (Å²) < 4.78 is 5.64. The largest absolute Gasteiger partial charge is 0.310 e. The molecule has 5 rings (SSSR count). The molecule has 9 nitrogen and oxygen atoms in total. The van der Waals surface area contributed by atoms with Crippen LogP contribution >= 0.6 is 23.8 Å². The summed E-state index contributed by atoms with van der Waals surface area (Å²) in [5, 5.41) is 8.62. The third-order valence-electron chi connectivity index (χ3n) is 6.07. The number of likely N-dealkylation sites (tertiary alicyclic amines) is 1. The van der Waals surface area contributed by atoms with Crippen LogP contribution in [0.15, 0.2) is 47.4 Å². The average molecular weight is 484 g/mol. The molecule has 1 saturated heterocycles. The number of pyridine rings is 1. The lowest BCUT2D eigenvalue weighted by molar-refractivity contribution is -0.121. The number of anilines is 1. The Morgan fingerprint density at radius 3 is 2.70 bits per heavy atom. The molecule has 0 saturated carbocycles. The maximum Gasteiger partial charge on any atom is 0.262 e. The van der Waals surface area contributed by atoms with Crippen LogP contribution in [0.25, 0.3) is 16.7 Å². The van der Waals surface area contributed by atoms with Gasteiger partial charge in [0.1, 0.15) is 5.82 Å². The van der Waals surface area contributed by atoms with Gasteiger partial charge in [0.15, 0.2) is 0 Å². The molecule has 4 aromatic rings. The number of rotatable bonds is 4. The molecule has 33 heavy (non-hydrogen) atoms. The van der Waals surface area contributed by atoms with Gasteiger partial charge < -0.3 is 5.32 Å². The Morgan fingerprint density at radius 2 is 1.97 bits per heavy atom. The number of halogens is 1. The van der Waals surface area contributed by atoms with Crippen LogP contribution in [0, 0.1) is 10.7 Å². The minimum absolute atomic E-state index is 0.0321. The van der Waals surface area contributed by atoms with Gasteiger partial charge in [-0.3, -0.25) is 23.5 Å². The van der Waals surface area contributed by atoms with Gasteiger partial charge in [-0.1, -0.05) is 23.7 Å². The van der Waals surface area contributed by atoms with Crippen LogP contribution in [0.4, 0.5) is 5.82 Å². The normalized spacial score (nSPS) is 15.3. The standard InChI is InChI=1S/C22H22ClN7O2S/c1-27-20(32)16-4-2-3-5-17(16)30-21(27)26-29(22(30)33)13-28-10-8-14(9-11-28)19(31)25-18-7-6-15(23)12-24-18/h2-7,12,14H,8-11,13H2,1H3,(H,24,25,31). The number of nitrogens with one attached hydrogen (secondary N) is 1. The average Bonchev–Trinajstić information content (AvgIpc) is 3.15. The van der Waals surface area contributed by atoms with Crippen molar-refractivity contribution in [2.24, 2.45) is 13.0 Å². The number of hydrogen-bond donors (Lipinski definition) is 1. The Bertz CT molecular complexity index is 1470. The van der Waals surface area contributed by atoms with E-state index in [0.29, 0.717) is 33.4 Å². The Morgan fingerprint density at radius 1 is 1.21 bits per heavy atom. The number of para-hydroxylation sites is 1. The molecule has 1 fully saturated rings. The van der Waals surface area contributed by atoms with Gasteiger partial charge in [-0.15, -0.1) is 5.10 Å². The van der Waals surface area contributed by atoms with Crippen LogP contribution in [0.1, 0.15) is 12.8 Å². The minimum Gasteiger partial charge on any atom is -0.310 e. The fourth-order valence-electron chi connectivity index (χ4n) is 4.24. The third kappa shape index (κ3) is 4.05. The molecule has 0 aliphatic carbocycles. The summed E-state index contributed by atoms with van der Waals surface area (Å²) >= 11 is 11.6. The van der Waals surface area contributed by atoms with Crippen LogP contribution in [0.3, 0.4) is 0 Å². The first kappa shape index (κ1) is 21.7. The fraction of sp³-hybridized carbons (Fsp3) is 0.318. The van der Waals surface area contributed by atoms with Gasteiger partial charge in [0.25, 0.3) is 5.56 Å². The molecule has 0 unspecified atom stereocenters. The highest BCUT2D eigenvalue weighted by molar-refractivity contribution is 7.71. The summed E-state index contributed by atoms with van der Waals surface area (Å²) in [4.78, 5) is 31.7. The van der Waals surface area contributed by atoms with Crippen LogP contribution < -0.4 is 10.9 Å². The lowest BCUT2D eigenvalue weighted by Crippen LogP contribution is -2.39. The predicted octanol–water partition coefficient (Wildman–Crippen LogP) is 3.07. The molecule has 1 aliphatic rings. The maximum absolute atomic E-state index is 12.7. The Hall–Kier alpha value is -3.08. The molecule has 1 aliphatic heterocycles. The van der Waals surface area contributed by atoms with E-state index >= 15 is 0 Å². The number of fused-ring (bicyclic) bond motifs is 3. The Labute approximate surface area is 199 Å². The molecular weight excluding hydrogens is 462 g/mol. The molecule has 4 heterocycles. The smallest absolute Gasteiger partial charge is 0.262 e. The number of amides is 1. The number of hydrogen-bond acceptors (Lipinski definition) is 6. The third-order valence-corrected chi connectivity index (χ3v) is 6.69. The molecule has 1 aromatic carbocycles. The summed E-state index contributed by atoms with van der Waals surface area (Å²) in [6.07, 6.45) is 2.96. The van der Waals surface area contributed by atoms with Gasteiger partial charge >= 0.3 is 0 Å². The molecule has 0 radical (unpaired) electrons. The van der Waals surface area contributed by atoms with Crippen molar-refractivity contribution in [1.29, 1.82) is 0 Å². The fourth-order valence-corrected chi connectivity index (χ4v) is 4.63. The van der Waals surface area contributed by atoms with Crippen LogP contribution in [0.5, 0.6) is 0 Å². The molecule has 0 spiro atoms. The van der Waals surface area contributed by atoms with E-state index < -0.39 is 0 Å². The summed E-state index contributed by atoms with van der Waals surface area (Å²) in [6, 6.07) is 10.8. The Balaban J connectivity index is 1.31. The van der Waals surface area contributed by atoms with Gasteiger partial charge in [0, 0.05) is 32.3 Å². The van der Waals surface area contributed by atoms with Crippen LogP contribution in [0.2, 0.25) is 5.02 Å². The number of aryl methyl sites for hydroxylation is 1. The number of benzene rings is 1. The first-order chi connectivity index (χ1) is 15.9. The lowest BCUT2D eigenvalue weighted by Gasteiger charge is -2.30. The first-order valence-electron chi connectivity index (χ1n) is 10.6. The second-order valence-electron chi connectivity index (χ2n) is 8.18. The second-order valence-corrected chi connectivity index (χ2v) is 8.99. The maximum atomic E-state index is 12.7. The zero-order chi connectivity index (χ0) is 23.1. The minimum atomic E-state index is -0.104. The number of aromatic nitrogens is 5. The van der Waals surface area contributed by atoms with Crippen molar-refractivity contribution in [3.05, 3.63) is 62.7 Å². The van der Waals surface area contributed by atoms with Crippen molar-refractivity contribution in [3.8, 4) is 0 Å². The first-order valence-corrected chi connectivity index (χ1v) is 11.4. The highest BCUT2D eigenvalue weighted by Gasteiger charge is 2.26. The van der Waals surface area contributed by atoms with E-state index in [2.05, 4.69) is 20.3 Å². The molecule has 11 heteroatoms. The summed E-state index contributed by atoms with van der Waals surface area (Å²) in [5.74, 6) is 0.891. The molecule has 0 atom stereocenters. The van der Waals surface area contributed by atoms with Crippen molar-refractivity contribution in [2.45, 2.75) is 19.5 Å². The van der Waals surface area contributed by atoms with Gasteiger partial charge in [-0.05, 0) is 49.3 Å². The van der Waals surface area contributed by atoms with E-state index in [1.807, 2.05) is 22.6 Å². The summed E-state index contributed by atoms with van der Waals surface area (Å²) in [5.41, 5.74) is 0.644. The molecular formula is C22H22ClN7O2S. The van der Waals surface area contributed by atoms with E-state index in [9.17, 15) is 9.59 Å². The summed E-state index contributed by atoms with van der Waals surface area (Å²) in [7, 11) is 1.70. The van der Waals surface area contributed by atoms with Crippen LogP contribution in [-0.4, -0.2) is 47.6 Å². The lowest BCUT2D eigenvalue weighted by atomic mass is 9.96. The zero-order valence-corrected chi connectivity index (χ0v) is 19.5. The van der Waals surface area contributed by atoms with E-state index in [0.717, 1.165) is 31.4 Å².